The Hall–Kier alpha value is -1.88. The zero-order valence-electron chi connectivity index (χ0n) is 9.26. The molecule has 1 unspecified atom stereocenters. The molecule has 1 atom stereocenters. The highest BCUT2D eigenvalue weighted by molar-refractivity contribution is 6.35. The zero-order valence-corrected chi connectivity index (χ0v) is 10.0. The number of nitrogen functional groups attached to an aromatic ring is 1. The summed E-state index contributed by atoms with van der Waals surface area (Å²) in [6.07, 6.45) is 4.86. The largest absolute Gasteiger partial charge is 0.382 e. The summed E-state index contributed by atoms with van der Waals surface area (Å²) in [6, 6.07) is 3.91. The molecule has 88 valence electrons. The van der Waals surface area contributed by atoms with Crippen LogP contribution in [-0.2, 0) is 0 Å². The number of rotatable bonds is 3. The number of hydrogen-bond donors (Lipinski definition) is 2. The van der Waals surface area contributed by atoms with Crippen molar-refractivity contribution in [2.24, 2.45) is 0 Å². The Morgan fingerprint density at radius 2 is 2.00 bits per heavy atom. The Morgan fingerprint density at radius 3 is 2.71 bits per heavy atom. The second-order valence-electron chi connectivity index (χ2n) is 3.57. The predicted molar refractivity (Wildman–Crippen MR) is 67.7 cm³/mol. The van der Waals surface area contributed by atoms with E-state index >= 15 is 0 Å². The molecule has 2 aromatic heterocycles. The molecule has 0 bridgehead atoms. The molecule has 0 amide bonds. The first-order valence-electron chi connectivity index (χ1n) is 5.11. The van der Waals surface area contributed by atoms with Crippen LogP contribution in [-0.4, -0.2) is 15.0 Å². The van der Waals surface area contributed by atoms with Gasteiger partial charge in [0.15, 0.2) is 5.82 Å². The summed E-state index contributed by atoms with van der Waals surface area (Å²) in [5.74, 6) is 0.801. The Balaban J connectivity index is 2.19. The topological polar surface area (TPSA) is 76.7 Å². The summed E-state index contributed by atoms with van der Waals surface area (Å²) < 4.78 is 0. The van der Waals surface area contributed by atoms with Gasteiger partial charge in [-0.3, -0.25) is 4.98 Å². The lowest BCUT2D eigenvalue weighted by Crippen LogP contribution is -2.09. The number of nitrogens with one attached hydrogen (secondary N) is 1. The van der Waals surface area contributed by atoms with Crippen LogP contribution >= 0.6 is 11.6 Å². The van der Waals surface area contributed by atoms with Crippen molar-refractivity contribution < 1.29 is 0 Å². The van der Waals surface area contributed by atoms with E-state index in [-0.39, 0.29) is 11.9 Å². The fourth-order valence-corrected chi connectivity index (χ4v) is 1.58. The lowest BCUT2D eigenvalue weighted by atomic mass is 10.1. The molecule has 0 spiro atoms. The van der Waals surface area contributed by atoms with Gasteiger partial charge < -0.3 is 11.1 Å². The first-order valence-corrected chi connectivity index (χ1v) is 5.48. The van der Waals surface area contributed by atoms with Gasteiger partial charge in [-0.15, -0.1) is 0 Å². The van der Waals surface area contributed by atoms with Gasteiger partial charge in [-0.2, -0.15) is 0 Å². The van der Waals surface area contributed by atoms with E-state index in [2.05, 4.69) is 20.3 Å². The third kappa shape index (κ3) is 2.62. The van der Waals surface area contributed by atoms with Crippen LogP contribution in [0, 0.1) is 0 Å². The maximum absolute atomic E-state index is 6.00. The second kappa shape index (κ2) is 4.97. The van der Waals surface area contributed by atoms with Crippen molar-refractivity contribution in [3.63, 3.8) is 0 Å². The first-order chi connectivity index (χ1) is 8.18. The summed E-state index contributed by atoms with van der Waals surface area (Å²) in [5, 5.41) is 3.52. The molecule has 0 saturated carbocycles. The van der Waals surface area contributed by atoms with E-state index in [0.29, 0.717) is 10.8 Å². The van der Waals surface area contributed by atoms with Gasteiger partial charge in [-0.1, -0.05) is 11.6 Å². The summed E-state index contributed by atoms with van der Waals surface area (Å²) >= 11 is 6.00. The third-order valence-electron chi connectivity index (χ3n) is 2.38. The quantitative estimate of drug-likeness (QED) is 0.873. The van der Waals surface area contributed by atoms with Gasteiger partial charge in [0.2, 0.25) is 0 Å². The van der Waals surface area contributed by atoms with E-state index in [1.807, 2.05) is 19.1 Å². The molecule has 0 aliphatic heterocycles. The molecule has 0 radical (unpaired) electrons. The van der Waals surface area contributed by atoms with Crippen molar-refractivity contribution in [3.8, 4) is 0 Å². The van der Waals surface area contributed by atoms with Gasteiger partial charge >= 0.3 is 0 Å². The van der Waals surface area contributed by atoms with Crippen LogP contribution in [0.25, 0.3) is 0 Å². The van der Waals surface area contributed by atoms with E-state index in [9.17, 15) is 0 Å². The molecule has 6 heteroatoms. The summed E-state index contributed by atoms with van der Waals surface area (Å²) in [6.45, 7) is 2.00. The van der Waals surface area contributed by atoms with E-state index in [1.54, 1.807) is 12.4 Å². The normalized spacial score (nSPS) is 12.1. The SMILES string of the molecule is CC(Nc1ncnc(N)c1Cl)c1ccncc1. The van der Waals surface area contributed by atoms with Crippen LogP contribution in [0.1, 0.15) is 18.5 Å². The van der Waals surface area contributed by atoms with Crippen LogP contribution < -0.4 is 11.1 Å². The van der Waals surface area contributed by atoms with E-state index < -0.39 is 0 Å². The fraction of sp³-hybridized carbons (Fsp3) is 0.182. The first kappa shape index (κ1) is 11.6. The predicted octanol–water partition coefficient (Wildman–Crippen LogP) is 2.28. The molecular weight excluding hydrogens is 238 g/mol. The lowest BCUT2D eigenvalue weighted by Gasteiger charge is -2.15. The van der Waals surface area contributed by atoms with Crippen molar-refractivity contribution in [2.45, 2.75) is 13.0 Å². The molecule has 0 aromatic carbocycles. The number of nitrogens with two attached hydrogens (primary N) is 1. The zero-order chi connectivity index (χ0) is 12.3. The van der Waals surface area contributed by atoms with Crippen molar-refractivity contribution in [3.05, 3.63) is 41.4 Å². The molecule has 0 aliphatic carbocycles. The van der Waals surface area contributed by atoms with Crippen LogP contribution in [0.4, 0.5) is 11.6 Å². The van der Waals surface area contributed by atoms with E-state index in [1.165, 1.54) is 6.33 Å². The molecule has 0 fully saturated rings. The van der Waals surface area contributed by atoms with Gasteiger partial charge in [-0.25, -0.2) is 9.97 Å². The number of hydrogen-bond acceptors (Lipinski definition) is 5. The standard InChI is InChI=1S/C11H12ClN5/c1-7(8-2-4-14-5-3-8)17-11-9(12)10(13)15-6-16-11/h2-7H,1H3,(H3,13,15,16,17). The maximum Gasteiger partial charge on any atom is 0.150 e. The molecule has 2 heterocycles. The summed E-state index contributed by atoms with van der Waals surface area (Å²) in [7, 11) is 0. The third-order valence-corrected chi connectivity index (χ3v) is 2.75. The van der Waals surface area contributed by atoms with Gasteiger partial charge in [-0.05, 0) is 24.6 Å². The maximum atomic E-state index is 6.00. The number of pyridine rings is 1. The average Bonchev–Trinajstić information content (AvgIpc) is 2.36. The van der Waals surface area contributed by atoms with Crippen LogP contribution in [0.2, 0.25) is 5.02 Å². The van der Waals surface area contributed by atoms with E-state index in [4.69, 9.17) is 17.3 Å². The summed E-state index contributed by atoms with van der Waals surface area (Å²) in [4.78, 5) is 11.8. The molecule has 2 aromatic rings. The molecule has 17 heavy (non-hydrogen) atoms. The Bertz CT molecular complexity index is 502. The fourth-order valence-electron chi connectivity index (χ4n) is 1.42. The van der Waals surface area contributed by atoms with Crippen molar-refractivity contribution in [1.82, 2.24) is 15.0 Å². The Kier molecular flexibility index (Phi) is 3.39. The van der Waals surface area contributed by atoms with Gasteiger partial charge in [0.25, 0.3) is 0 Å². The highest BCUT2D eigenvalue weighted by atomic mass is 35.5. The Morgan fingerprint density at radius 1 is 1.29 bits per heavy atom. The van der Waals surface area contributed by atoms with Crippen molar-refractivity contribution >= 4 is 23.2 Å². The van der Waals surface area contributed by atoms with E-state index in [0.717, 1.165) is 5.56 Å². The van der Waals surface area contributed by atoms with Crippen LogP contribution in [0.3, 0.4) is 0 Å². The molecule has 5 nitrogen and oxygen atoms in total. The number of halogens is 1. The highest BCUT2D eigenvalue weighted by Crippen LogP contribution is 2.26. The second-order valence-corrected chi connectivity index (χ2v) is 3.95. The molecule has 0 saturated heterocycles. The average molecular weight is 250 g/mol. The van der Waals surface area contributed by atoms with Crippen LogP contribution in [0.15, 0.2) is 30.9 Å². The van der Waals surface area contributed by atoms with Crippen molar-refractivity contribution in [2.75, 3.05) is 11.1 Å². The molecular formula is C11H12ClN5. The lowest BCUT2D eigenvalue weighted by molar-refractivity contribution is 0.869. The number of aromatic nitrogens is 3. The van der Waals surface area contributed by atoms with Gasteiger partial charge in [0.05, 0.1) is 6.04 Å². The molecule has 2 rings (SSSR count). The minimum Gasteiger partial charge on any atom is -0.382 e. The number of anilines is 2. The Labute approximate surface area is 104 Å². The molecule has 3 N–H and O–H groups in total. The number of nitrogens with zero attached hydrogens (tertiary/aromatic N) is 3. The highest BCUT2D eigenvalue weighted by Gasteiger charge is 2.10. The smallest absolute Gasteiger partial charge is 0.150 e. The minimum atomic E-state index is 0.0600. The monoisotopic (exact) mass is 249 g/mol. The van der Waals surface area contributed by atoms with Crippen molar-refractivity contribution in [1.29, 1.82) is 0 Å². The summed E-state index contributed by atoms with van der Waals surface area (Å²) in [5.41, 5.74) is 6.69. The van der Waals surface area contributed by atoms with Gasteiger partial charge in [0.1, 0.15) is 17.2 Å². The molecule has 0 aliphatic rings. The minimum absolute atomic E-state index is 0.0600. The van der Waals surface area contributed by atoms with Gasteiger partial charge in [0, 0.05) is 12.4 Å². The van der Waals surface area contributed by atoms with Crippen LogP contribution in [0.5, 0.6) is 0 Å².